The molecule has 2 nitrogen and oxygen atoms in total. The van der Waals surface area contributed by atoms with Crippen molar-refractivity contribution < 1.29 is 27.0 Å². The van der Waals surface area contributed by atoms with Crippen molar-refractivity contribution in [1.82, 2.24) is 0 Å². The molecule has 0 bridgehead atoms. The maximum absolute atomic E-state index is 14.2. The molecule has 0 aliphatic carbocycles. The van der Waals surface area contributed by atoms with Crippen LogP contribution >= 0.6 is 0 Å². The molecule has 0 radical (unpaired) electrons. The lowest BCUT2D eigenvalue weighted by Gasteiger charge is -2.21. The summed E-state index contributed by atoms with van der Waals surface area (Å²) >= 11 is 0. The van der Waals surface area contributed by atoms with Crippen LogP contribution in [0.1, 0.15) is 11.1 Å². The molecule has 0 spiro atoms. The first-order chi connectivity index (χ1) is 12.4. The lowest BCUT2D eigenvalue weighted by Crippen LogP contribution is -2.24. The normalized spacial score (nSPS) is 11.8. The first kappa shape index (κ1) is 17.8. The van der Waals surface area contributed by atoms with Gasteiger partial charge in [0.05, 0.1) is 11.1 Å². The van der Waals surface area contributed by atoms with Crippen LogP contribution in [0.15, 0.2) is 84.9 Å². The van der Waals surface area contributed by atoms with Crippen molar-refractivity contribution in [2.75, 3.05) is 0 Å². The van der Waals surface area contributed by atoms with E-state index in [0.29, 0.717) is 0 Å². The number of hydrogen-bond donors (Lipinski definition) is 0. The molecule has 0 saturated carbocycles. The second-order valence-electron chi connectivity index (χ2n) is 5.44. The average molecular weight is 362 g/mol. The Kier molecular flexibility index (Phi) is 4.84. The second kappa shape index (κ2) is 7.07. The molecule has 3 aromatic carbocycles. The van der Waals surface area contributed by atoms with Crippen molar-refractivity contribution in [2.24, 2.45) is 0 Å². The topological polar surface area (TPSA) is 18.5 Å². The summed E-state index contributed by atoms with van der Waals surface area (Å²) in [5.41, 5.74) is -1.08. The van der Waals surface area contributed by atoms with E-state index in [-0.39, 0.29) is 11.5 Å². The SMILES string of the molecule is FC(F)(Oc1ccccc1)c1ccc(C(F)(F)Oc2ccccc2)cc1. The lowest BCUT2D eigenvalue weighted by atomic mass is 10.1. The standard InChI is InChI=1S/C20H14F4O2/c21-19(22,25-17-7-3-1-4-8-17)15-11-13-16(14-12-15)20(23,24)26-18-9-5-2-6-10-18/h1-14H. The van der Waals surface area contributed by atoms with Crippen molar-refractivity contribution in [3.8, 4) is 11.5 Å². The summed E-state index contributed by atoms with van der Waals surface area (Å²) in [6, 6.07) is 18.6. The molecule has 0 saturated heterocycles. The van der Waals surface area contributed by atoms with Gasteiger partial charge in [0.25, 0.3) is 0 Å². The summed E-state index contributed by atoms with van der Waals surface area (Å²) in [6.07, 6.45) is -7.31. The number of benzene rings is 3. The van der Waals surface area contributed by atoms with Crippen LogP contribution in [0.2, 0.25) is 0 Å². The van der Waals surface area contributed by atoms with Gasteiger partial charge in [-0.3, -0.25) is 0 Å². The largest absolute Gasteiger partial charge is 0.429 e. The number of ether oxygens (including phenoxy) is 2. The Hall–Kier alpha value is -3.02. The molecule has 0 heterocycles. The first-order valence-corrected chi connectivity index (χ1v) is 7.72. The zero-order valence-electron chi connectivity index (χ0n) is 13.4. The highest BCUT2D eigenvalue weighted by Gasteiger charge is 2.38. The Bertz CT molecular complexity index is 762. The van der Waals surface area contributed by atoms with Crippen LogP contribution in [0.25, 0.3) is 0 Å². The van der Waals surface area contributed by atoms with Gasteiger partial charge < -0.3 is 9.47 Å². The van der Waals surface area contributed by atoms with Gasteiger partial charge >= 0.3 is 12.2 Å². The molecule has 3 rings (SSSR count). The predicted molar refractivity (Wildman–Crippen MR) is 88.4 cm³/mol. The van der Waals surface area contributed by atoms with Gasteiger partial charge in [-0.05, 0) is 48.5 Å². The molecule has 134 valence electrons. The molecule has 0 N–H and O–H groups in total. The fourth-order valence-electron chi connectivity index (χ4n) is 2.25. The summed E-state index contributed by atoms with van der Waals surface area (Å²) in [4.78, 5) is 0. The van der Waals surface area contributed by atoms with Crippen LogP contribution < -0.4 is 9.47 Å². The average Bonchev–Trinajstić information content (AvgIpc) is 2.63. The van der Waals surface area contributed by atoms with Gasteiger partial charge in [0.2, 0.25) is 0 Å². The summed E-state index contributed by atoms with van der Waals surface area (Å²) < 4.78 is 66.0. The number of rotatable bonds is 6. The maximum atomic E-state index is 14.2. The smallest absolute Gasteiger partial charge is 0.426 e. The van der Waals surface area contributed by atoms with E-state index in [9.17, 15) is 17.6 Å². The second-order valence-corrected chi connectivity index (χ2v) is 5.44. The highest BCUT2D eigenvalue weighted by Crippen LogP contribution is 2.35. The number of alkyl halides is 4. The van der Waals surface area contributed by atoms with Gasteiger partial charge in [0.1, 0.15) is 11.5 Å². The Morgan fingerprint density at radius 1 is 0.462 bits per heavy atom. The third-order valence-electron chi connectivity index (χ3n) is 3.54. The van der Waals surface area contributed by atoms with E-state index in [1.807, 2.05) is 0 Å². The molecule has 0 aromatic heterocycles. The molecular formula is C20H14F4O2. The van der Waals surface area contributed by atoms with E-state index < -0.39 is 23.3 Å². The van der Waals surface area contributed by atoms with Crippen LogP contribution in [-0.4, -0.2) is 0 Å². The molecule has 0 amide bonds. The molecule has 6 heteroatoms. The third kappa shape index (κ3) is 4.14. The van der Waals surface area contributed by atoms with Crippen LogP contribution in [-0.2, 0) is 12.2 Å². The van der Waals surface area contributed by atoms with Crippen molar-refractivity contribution >= 4 is 0 Å². The molecule has 0 fully saturated rings. The maximum Gasteiger partial charge on any atom is 0.426 e. The summed E-state index contributed by atoms with van der Waals surface area (Å²) in [7, 11) is 0. The fourth-order valence-corrected chi connectivity index (χ4v) is 2.25. The van der Waals surface area contributed by atoms with E-state index in [4.69, 9.17) is 0 Å². The Labute approximate surface area is 147 Å². The quantitative estimate of drug-likeness (QED) is 0.505. The van der Waals surface area contributed by atoms with E-state index in [2.05, 4.69) is 9.47 Å². The molecule has 3 aromatic rings. The van der Waals surface area contributed by atoms with Gasteiger partial charge in [-0.1, -0.05) is 36.4 Å². The monoisotopic (exact) mass is 362 g/mol. The summed E-state index contributed by atoms with van der Waals surface area (Å²) in [5.74, 6) is -0.0568. The van der Waals surface area contributed by atoms with Crippen molar-refractivity contribution in [3.63, 3.8) is 0 Å². The molecule has 0 aliphatic heterocycles. The number of para-hydroxylation sites is 2. The minimum absolute atomic E-state index is 0.0284. The van der Waals surface area contributed by atoms with Crippen molar-refractivity contribution in [2.45, 2.75) is 12.2 Å². The highest BCUT2D eigenvalue weighted by atomic mass is 19.3. The third-order valence-corrected chi connectivity index (χ3v) is 3.54. The Morgan fingerprint density at radius 2 is 0.769 bits per heavy atom. The van der Waals surface area contributed by atoms with Gasteiger partial charge in [-0.25, -0.2) is 0 Å². The van der Waals surface area contributed by atoms with Crippen molar-refractivity contribution in [1.29, 1.82) is 0 Å². The zero-order chi connectivity index (χ0) is 18.6. The van der Waals surface area contributed by atoms with Gasteiger partial charge in [0.15, 0.2) is 0 Å². The van der Waals surface area contributed by atoms with Gasteiger partial charge in [0, 0.05) is 0 Å². The summed E-state index contributed by atoms with van der Waals surface area (Å²) in [5, 5.41) is 0. The van der Waals surface area contributed by atoms with E-state index in [0.717, 1.165) is 24.3 Å². The van der Waals surface area contributed by atoms with Crippen LogP contribution in [0.5, 0.6) is 11.5 Å². The fraction of sp³-hybridized carbons (Fsp3) is 0.100. The number of hydrogen-bond acceptors (Lipinski definition) is 2. The van der Waals surface area contributed by atoms with Gasteiger partial charge in [-0.15, -0.1) is 0 Å². The van der Waals surface area contributed by atoms with Crippen molar-refractivity contribution in [3.05, 3.63) is 96.1 Å². The highest BCUT2D eigenvalue weighted by molar-refractivity contribution is 5.30. The van der Waals surface area contributed by atoms with E-state index >= 15 is 0 Å². The molecule has 26 heavy (non-hydrogen) atoms. The Balaban J connectivity index is 1.77. The minimum Gasteiger partial charge on any atom is -0.429 e. The minimum atomic E-state index is -3.66. The van der Waals surface area contributed by atoms with Crippen LogP contribution in [0.3, 0.4) is 0 Å². The van der Waals surface area contributed by atoms with Crippen LogP contribution in [0, 0.1) is 0 Å². The summed E-state index contributed by atoms with van der Waals surface area (Å²) in [6.45, 7) is 0. The molecule has 0 aliphatic rings. The predicted octanol–water partition coefficient (Wildman–Crippen LogP) is 5.94. The Morgan fingerprint density at radius 3 is 1.08 bits per heavy atom. The zero-order valence-corrected chi connectivity index (χ0v) is 13.4. The van der Waals surface area contributed by atoms with Gasteiger partial charge in [-0.2, -0.15) is 17.6 Å². The van der Waals surface area contributed by atoms with E-state index in [1.54, 1.807) is 36.4 Å². The molecule has 0 atom stereocenters. The molecule has 0 unspecified atom stereocenters. The molecular weight excluding hydrogens is 348 g/mol. The van der Waals surface area contributed by atoms with Crippen LogP contribution in [0.4, 0.5) is 17.6 Å². The van der Waals surface area contributed by atoms with E-state index in [1.165, 1.54) is 24.3 Å². The first-order valence-electron chi connectivity index (χ1n) is 7.72. The number of halogens is 4. The lowest BCUT2D eigenvalue weighted by molar-refractivity contribution is -0.188.